The molecule has 0 radical (unpaired) electrons. The molecule has 5 rings (SSSR count). The van der Waals surface area contributed by atoms with Crippen molar-refractivity contribution in [2.24, 2.45) is 0 Å². The summed E-state index contributed by atoms with van der Waals surface area (Å²) in [5, 5.41) is 8.10. The second-order valence-corrected chi connectivity index (χ2v) is 9.20. The number of nitrogens with one attached hydrogen (secondary N) is 2. The molecule has 164 valence electrons. The smallest absolute Gasteiger partial charge is 0.285 e. The van der Waals surface area contributed by atoms with Gasteiger partial charge in [0.25, 0.3) is 11.5 Å². The summed E-state index contributed by atoms with van der Waals surface area (Å²) in [6.07, 6.45) is 2.96. The zero-order chi connectivity index (χ0) is 23.1. The minimum atomic E-state index is -0.644. The van der Waals surface area contributed by atoms with Crippen LogP contribution in [0, 0.1) is 0 Å². The summed E-state index contributed by atoms with van der Waals surface area (Å²) in [7, 11) is 0. The van der Waals surface area contributed by atoms with E-state index in [4.69, 9.17) is 34.8 Å². The van der Waals surface area contributed by atoms with Gasteiger partial charge in [0.2, 0.25) is 0 Å². The molecule has 0 unspecified atom stereocenters. The minimum Gasteiger partial charge on any atom is -0.322 e. The summed E-state index contributed by atoms with van der Waals surface area (Å²) in [6.45, 7) is 0. The van der Waals surface area contributed by atoms with Gasteiger partial charge in [-0.2, -0.15) is 0 Å². The third kappa shape index (κ3) is 4.05. The maximum Gasteiger partial charge on any atom is 0.285 e. The molecule has 2 N–H and O–H groups in total. The summed E-state index contributed by atoms with van der Waals surface area (Å²) in [5.74, 6) is -0.644. The SMILES string of the molecule is O=C(Nc1cc(Cl)c(Cl)c(Cl)c1)c1cnc2c(-c3cc(-c4ccccc4)cs3)c[nH]n2c1=O. The second-order valence-electron chi connectivity index (χ2n) is 7.10. The van der Waals surface area contributed by atoms with Crippen molar-refractivity contribution in [2.45, 2.75) is 0 Å². The number of H-pyrrole nitrogens is 1. The van der Waals surface area contributed by atoms with Crippen LogP contribution in [0.5, 0.6) is 0 Å². The van der Waals surface area contributed by atoms with Crippen LogP contribution in [0.4, 0.5) is 5.69 Å². The number of hydrogen-bond donors (Lipinski definition) is 2. The number of hydrogen-bond acceptors (Lipinski definition) is 4. The minimum absolute atomic E-state index is 0.140. The van der Waals surface area contributed by atoms with E-state index in [0.717, 1.165) is 21.6 Å². The Balaban J connectivity index is 1.47. The van der Waals surface area contributed by atoms with Crippen molar-refractivity contribution in [3.05, 3.63) is 97.3 Å². The van der Waals surface area contributed by atoms with Crippen molar-refractivity contribution < 1.29 is 4.79 Å². The Labute approximate surface area is 206 Å². The molecule has 0 aliphatic rings. The Bertz CT molecular complexity index is 1550. The fraction of sp³-hybridized carbons (Fsp3) is 0. The normalized spacial score (nSPS) is 11.1. The lowest BCUT2D eigenvalue weighted by atomic mass is 10.1. The maximum atomic E-state index is 13.0. The second kappa shape index (κ2) is 8.68. The highest BCUT2D eigenvalue weighted by Crippen LogP contribution is 2.34. The van der Waals surface area contributed by atoms with E-state index < -0.39 is 11.5 Å². The highest BCUT2D eigenvalue weighted by atomic mass is 35.5. The number of halogens is 3. The van der Waals surface area contributed by atoms with E-state index in [1.807, 2.05) is 36.4 Å². The zero-order valence-electron chi connectivity index (χ0n) is 16.6. The van der Waals surface area contributed by atoms with Gasteiger partial charge in [-0.3, -0.25) is 14.7 Å². The van der Waals surface area contributed by atoms with E-state index in [9.17, 15) is 9.59 Å². The molecule has 0 fully saturated rings. The molecule has 10 heteroatoms. The van der Waals surface area contributed by atoms with Crippen molar-refractivity contribution in [3.63, 3.8) is 0 Å². The Kier molecular flexibility index (Phi) is 5.72. The Morgan fingerprint density at radius 2 is 1.76 bits per heavy atom. The number of anilines is 1. The average molecular weight is 516 g/mol. The van der Waals surface area contributed by atoms with E-state index >= 15 is 0 Å². The van der Waals surface area contributed by atoms with Gasteiger partial charge in [0.15, 0.2) is 5.65 Å². The van der Waals surface area contributed by atoms with Crippen LogP contribution in [0.1, 0.15) is 10.4 Å². The van der Waals surface area contributed by atoms with Gasteiger partial charge in [-0.05, 0) is 34.7 Å². The average Bonchev–Trinajstić information content (AvgIpc) is 3.46. The molecule has 3 aromatic heterocycles. The summed E-state index contributed by atoms with van der Waals surface area (Å²) in [6, 6.07) is 15.0. The highest BCUT2D eigenvalue weighted by Gasteiger charge is 2.18. The van der Waals surface area contributed by atoms with E-state index in [2.05, 4.69) is 20.8 Å². The van der Waals surface area contributed by atoms with Crippen LogP contribution in [0.15, 0.2) is 71.1 Å². The van der Waals surface area contributed by atoms with Crippen molar-refractivity contribution in [1.29, 1.82) is 0 Å². The molecular formula is C23H13Cl3N4O2S. The number of fused-ring (bicyclic) bond motifs is 1. The molecule has 1 amide bonds. The standard InChI is InChI=1S/C23H13Cl3N4O2S/c24-17-7-14(8-18(25)20(17)26)29-22(31)16-9-27-21-15(10-28-30(21)23(16)32)19-6-13(11-33-19)12-4-2-1-3-5-12/h1-11,28H,(H,29,31). The van der Waals surface area contributed by atoms with E-state index in [1.165, 1.54) is 22.8 Å². The Morgan fingerprint density at radius 3 is 2.48 bits per heavy atom. The van der Waals surface area contributed by atoms with Gasteiger partial charge in [0.05, 0.1) is 20.6 Å². The van der Waals surface area contributed by atoms with Crippen LogP contribution >= 0.6 is 46.1 Å². The number of carbonyl (C=O) groups is 1. The molecule has 0 aliphatic heterocycles. The zero-order valence-corrected chi connectivity index (χ0v) is 19.7. The quantitative estimate of drug-likeness (QED) is 0.264. The lowest BCUT2D eigenvalue weighted by Gasteiger charge is -2.07. The van der Waals surface area contributed by atoms with Crippen LogP contribution < -0.4 is 10.9 Å². The van der Waals surface area contributed by atoms with Crippen LogP contribution in [0.2, 0.25) is 15.1 Å². The third-order valence-corrected chi connectivity index (χ3v) is 7.16. The van der Waals surface area contributed by atoms with Gasteiger partial charge >= 0.3 is 0 Å². The molecule has 0 aliphatic carbocycles. The summed E-state index contributed by atoms with van der Waals surface area (Å²) in [4.78, 5) is 31.0. The Hall–Kier alpha value is -3.10. The van der Waals surface area contributed by atoms with Crippen LogP contribution in [0.25, 0.3) is 27.2 Å². The lowest BCUT2D eigenvalue weighted by molar-refractivity contribution is 0.102. The van der Waals surface area contributed by atoms with Crippen LogP contribution in [-0.2, 0) is 0 Å². The number of nitrogens with zero attached hydrogens (tertiary/aromatic N) is 2. The van der Waals surface area contributed by atoms with Gasteiger partial charge in [-0.1, -0.05) is 65.1 Å². The summed E-state index contributed by atoms with van der Waals surface area (Å²) in [5.41, 5.74) is 3.01. The van der Waals surface area contributed by atoms with E-state index in [0.29, 0.717) is 11.3 Å². The van der Waals surface area contributed by atoms with Crippen molar-refractivity contribution in [1.82, 2.24) is 14.6 Å². The molecular weight excluding hydrogens is 503 g/mol. The number of aromatic amines is 1. The summed E-state index contributed by atoms with van der Waals surface area (Å²) < 4.78 is 1.24. The van der Waals surface area contributed by atoms with Crippen LogP contribution in [0.3, 0.4) is 0 Å². The van der Waals surface area contributed by atoms with Gasteiger partial charge in [0.1, 0.15) is 5.56 Å². The van der Waals surface area contributed by atoms with Crippen LogP contribution in [-0.4, -0.2) is 20.5 Å². The number of aromatic nitrogens is 3. The first kappa shape index (κ1) is 21.7. The van der Waals surface area contributed by atoms with Gasteiger partial charge in [-0.25, -0.2) is 9.50 Å². The monoisotopic (exact) mass is 514 g/mol. The highest BCUT2D eigenvalue weighted by molar-refractivity contribution is 7.14. The number of thiophene rings is 1. The first-order valence-corrected chi connectivity index (χ1v) is 11.6. The van der Waals surface area contributed by atoms with E-state index in [-0.39, 0.29) is 20.6 Å². The van der Waals surface area contributed by atoms with Crippen molar-refractivity contribution in [2.75, 3.05) is 5.32 Å². The molecule has 3 heterocycles. The fourth-order valence-electron chi connectivity index (χ4n) is 3.38. The van der Waals surface area contributed by atoms with E-state index in [1.54, 1.807) is 17.5 Å². The first-order valence-electron chi connectivity index (χ1n) is 9.62. The third-order valence-electron chi connectivity index (χ3n) is 5.00. The molecule has 2 aromatic carbocycles. The first-order chi connectivity index (χ1) is 15.9. The number of rotatable bonds is 4. The predicted octanol–water partition coefficient (Wildman–Crippen LogP) is 6.63. The Morgan fingerprint density at radius 1 is 1.03 bits per heavy atom. The van der Waals surface area contributed by atoms with Gasteiger partial charge < -0.3 is 5.32 Å². The molecule has 6 nitrogen and oxygen atoms in total. The molecule has 0 atom stereocenters. The predicted molar refractivity (Wildman–Crippen MR) is 134 cm³/mol. The van der Waals surface area contributed by atoms with Gasteiger partial charge in [0, 0.05) is 23.0 Å². The molecule has 0 bridgehead atoms. The molecule has 0 saturated heterocycles. The maximum absolute atomic E-state index is 13.0. The number of carbonyl (C=O) groups excluding carboxylic acids is 1. The van der Waals surface area contributed by atoms with Gasteiger partial charge in [-0.15, -0.1) is 11.3 Å². The summed E-state index contributed by atoms with van der Waals surface area (Å²) >= 11 is 19.5. The number of benzene rings is 2. The topological polar surface area (TPSA) is 79.3 Å². The number of amides is 1. The lowest BCUT2D eigenvalue weighted by Crippen LogP contribution is -2.26. The molecule has 33 heavy (non-hydrogen) atoms. The molecule has 0 spiro atoms. The molecule has 5 aromatic rings. The van der Waals surface area contributed by atoms with Crippen molar-refractivity contribution >= 4 is 63.4 Å². The van der Waals surface area contributed by atoms with Crippen molar-refractivity contribution in [3.8, 4) is 21.6 Å². The fourth-order valence-corrected chi connectivity index (χ4v) is 4.91. The molecule has 0 saturated carbocycles. The largest absolute Gasteiger partial charge is 0.322 e.